The smallest absolute Gasteiger partial charge is 0.416 e. The number of imide groups is 1. The van der Waals surface area contributed by atoms with E-state index in [1.54, 1.807) is 18.2 Å². The maximum Gasteiger partial charge on any atom is 0.416 e. The highest BCUT2D eigenvalue weighted by Crippen LogP contribution is 2.38. The van der Waals surface area contributed by atoms with E-state index in [1.165, 1.54) is 12.1 Å². The third-order valence-corrected chi connectivity index (χ3v) is 14.2. The molecule has 1 aromatic heterocycles. The number of anilines is 1. The Kier molecular flexibility index (Phi) is 13.3. The number of aliphatic hydroxyl groups excluding tert-OH is 1. The number of allylic oxidation sites excluding steroid dienone is 1. The van der Waals surface area contributed by atoms with Crippen LogP contribution in [0.4, 0.5) is 19.1 Å². The Morgan fingerprint density at radius 3 is 2.30 bits per heavy atom. The van der Waals surface area contributed by atoms with Gasteiger partial charge in [-0.1, -0.05) is 18.7 Å². The largest absolute Gasteiger partial charge is 0.492 e. The molecule has 5 aliphatic rings. The molecule has 3 saturated heterocycles. The number of hydrogen-bond acceptors (Lipinski definition) is 10. The predicted octanol–water partition coefficient (Wildman–Crippen LogP) is 6.33. The van der Waals surface area contributed by atoms with E-state index in [0.29, 0.717) is 42.8 Å². The van der Waals surface area contributed by atoms with Crippen LogP contribution in [0.25, 0.3) is 11.0 Å². The Balaban J connectivity index is 0.738. The topological polar surface area (TPSA) is 153 Å². The Morgan fingerprint density at radius 1 is 0.833 bits per heavy atom. The van der Waals surface area contributed by atoms with Crippen LogP contribution in [0.1, 0.15) is 99.6 Å². The van der Waals surface area contributed by atoms with Crippen LogP contribution in [-0.2, 0) is 17.5 Å². The van der Waals surface area contributed by atoms with Gasteiger partial charge in [0.15, 0.2) is 0 Å². The van der Waals surface area contributed by atoms with E-state index >= 15 is 0 Å². The molecule has 0 radical (unpaired) electrons. The summed E-state index contributed by atoms with van der Waals surface area (Å²) in [6.07, 6.45) is 1.74. The highest BCUT2D eigenvalue weighted by Gasteiger charge is 2.44. The van der Waals surface area contributed by atoms with Gasteiger partial charge in [-0.25, -0.2) is 4.98 Å². The van der Waals surface area contributed by atoms with Crippen molar-refractivity contribution in [3.63, 3.8) is 0 Å². The number of imidazole rings is 1. The number of nitrogens with zero attached hydrogens (tertiary/aromatic N) is 6. The second-order valence-corrected chi connectivity index (χ2v) is 18.6. The minimum Gasteiger partial charge on any atom is -0.492 e. The van der Waals surface area contributed by atoms with Crippen LogP contribution in [0.15, 0.2) is 72.9 Å². The average Bonchev–Trinajstić information content (AvgIpc) is 3.79. The first-order valence-electron chi connectivity index (χ1n) is 23.2. The molecule has 0 bridgehead atoms. The van der Waals surface area contributed by atoms with E-state index in [4.69, 9.17) is 9.72 Å². The van der Waals surface area contributed by atoms with Gasteiger partial charge in [0.05, 0.1) is 27.7 Å². The third-order valence-electron chi connectivity index (χ3n) is 14.2. The van der Waals surface area contributed by atoms with Crippen molar-refractivity contribution in [2.24, 2.45) is 11.8 Å². The Hall–Kier alpha value is -5.62. The first kappa shape index (κ1) is 45.5. The number of carbonyl (C=O) groups is 4. The Labute approximate surface area is 381 Å². The fourth-order valence-corrected chi connectivity index (χ4v) is 10.4. The number of hydrogen-bond donors (Lipinski definition) is 3. The number of amides is 4. The van der Waals surface area contributed by atoms with Gasteiger partial charge in [-0.3, -0.25) is 39.2 Å². The number of likely N-dealkylation sites (tertiary alicyclic amines) is 1. The number of nitrogens with one attached hydrogen (secondary N) is 2. The molecule has 1 atom stereocenters. The molecule has 4 fully saturated rings. The quantitative estimate of drug-likeness (QED) is 0.130. The fourth-order valence-electron chi connectivity index (χ4n) is 10.4. The van der Waals surface area contributed by atoms with Gasteiger partial charge in [0.25, 0.3) is 17.7 Å². The van der Waals surface area contributed by atoms with Crippen LogP contribution in [-0.4, -0.2) is 129 Å². The zero-order valence-electron chi connectivity index (χ0n) is 37.0. The summed E-state index contributed by atoms with van der Waals surface area (Å²) in [5, 5.41) is 15.2. The maximum absolute atomic E-state index is 13.5. The molecule has 0 spiro atoms. The second kappa shape index (κ2) is 19.3. The summed E-state index contributed by atoms with van der Waals surface area (Å²) >= 11 is 0. The van der Waals surface area contributed by atoms with Crippen LogP contribution in [0.5, 0.6) is 5.75 Å². The summed E-state index contributed by atoms with van der Waals surface area (Å²) < 4.78 is 48.4. The maximum atomic E-state index is 13.5. The van der Waals surface area contributed by atoms with Crippen LogP contribution in [0.3, 0.4) is 0 Å². The summed E-state index contributed by atoms with van der Waals surface area (Å²) in [6.45, 7) is 12.7. The van der Waals surface area contributed by atoms with Gasteiger partial charge in [-0.2, -0.15) is 13.2 Å². The van der Waals surface area contributed by atoms with Gasteiger partial charge in [0.1, 0.15) is 18.4 Å². The molecule has 9 rings (SSSR count). The van der Waals surface area contributed by atoms with E-state index in [1.807, 2.05) is 10.6 Å². The minimum absolute atomic E-state index is 0.0223. The Bertz CT molecular complexity index is 2490. The molecule has 1 unspecified atom stereocenters. The van der Waals surface area contributed by atoms with Crippen LogP contribution in [0.2, 0.25) is 0 Å². The fraction of sp³-hybridized carbons (Fsp3) is 0.490. The number of piperazine rings is 1. The van der Waals surface area contributed by atoms with Crippen LogP contribution >= 0.6 is 0 Å². The summed E-state index contributed by atoms with van der Waals surface area (Å²) in [5.74, 6) is -0.317. The van der Waals surface area contributed by atoms with Crippen molar-refractivity contribution >= 4 is 40.6 Å². The number of alkyl halides is 3. The van der Waals surface area contributed by atoms with Gasteiger partial charge in [0.2, 0.25) is 11.9 Å². The number of carbonyl (C=O) groups excluding carboxylic acids is 4. The summed E-state index contributed by atoms with van der Waals surface area (Å²) in [5.41, 5.74) is 2.82. The molecule has 1 aliphatic carbocycles. The highest BCUT2D eigenvalue weighted by atomic mass is 19.4. The lowest BCUT2D eigenvalue weighted by Crippen LogP contribution is -2.51. The molecular weight excluding hydrogens is 854 g/mol. The molecule has 4 aromatic rings. The van der Waals surface area contributed by atoms with Gasteiger partial charge < -0.3 is 24.6 Å². The molecule has 350 valence electrons. The lowest BCUT2D eigenvalue weighted by atomic mass is 9.86. The highest BCUT2D eigenvalue weighted by molar-refractivity contribution is 6.23. The summed E-state index contributed by atoms with van der Waals surface area (Å²) in [4.78, 5) is 65.6. The summed E-state index contributed by atoms with van der Waals surface area (Å²) in [7, 11) is 0. The van der Waals surface area contributed by atoms with Crippen molar-refractivity contribution in [1.29, 1.82) is 0 Å². The molecule has 5 heterocycles. The molecule has 14 nitrogen and oxygen atoms in total. The molecule has 4 aliphatic heterocycles. The predicted molar refractivity (Wildman–Crippen MR) is 241 cm³/mol. The van der Waals surface area contributed by atoms with E-state index in [2.05, 4.69) is 44.0 Å². The number of ether oxygens (including phenoxy) is 1. The molecule has 4 amide bonds. The van der Waals surface area contributed by atoms with E-state index in [-0.39, 0.29) is 35.3 Å². The van der Waals surface area contributed by atoms with Crippen molar-refractivity contribution in [2.45, 2.75) is 76.2 Å². The molecule has 1 saturated carbocycles. The number of benzene rings is 3. The van der Waals surface area contributed by atoms with Gasteiger partial charge in [0, 0.05) is 69.7 Å². The molecule has 66 heavy (non-hydrogen) atoms. The summed E-state index contributed by atoms with van der Waals surface area (Å²) in [6, 6.07) is 14.7. The van der Waals surface area contributed by atoms with E-state index < -0.39 is 41.4 Å². The van der Waals surface area contributed by atoms with Crippen molar-refractivity contribution in [3.8, 4) is 5.75 Å². The standard InChI is InChI=1S/C49H57F3N8O6/c1-31-5-13-43(45(63)53-31)60-46(64)39-12-11-38(27-40(39)47(60)65)66-24-23-56-17-15-32(16-18-56)28-57-19-21-58(22-20-57)29-34-8-14-42-41(25-34)54-48(59(42)37-9-6-33(30-61)7-10-37)55-44(62)35-3-2-4-36(26-35)49(50,51)52/h2-4,8,11-12,14,25-27,32-33,37,43,61H,1,5-7,9-10,13,15-24,28-30H2,(H,53,63)(H,54,55,62)/t33-,37+,43?. The van der Waals surface area contributed by atoms with E-state index in [9.17, 15) is 37.5 Å². The number of aliphatic hydroxyl groups is 1. The third kappa shape index (κ3) is 9.89. The van der Waals surface area contributed by atoms with Crippen LogP contribution < -0.4 is 15.4 Å². The van der Waals surface area contributed by atoms with E-state index in [0.717, 1.165) is 131 Å². The van der Waals surface area contributed by atoms with Gasteiger partial charge >= 0.3 is 6.18 Å². The second-order valence-electron chi connectivity index (χ2n) is 18.6. The number of aromatic nitrogens is 2. The van der Waals surface area contributed by atoms with Crippen molar-refractivity contribution < 1.29 is 42.2 Å². The lowest BCUT2D eigenvalue weighted by molar-refractivity contribution is -0.137. The normalized spacial score (nSPS) is 22.8. The number of fused-ring (bicyclic) bond motifs is 2. The zero-order chi connectivity index (χ0) is 46.1. The number of halogens is 3. The zero-order valence-corrected chi connectivity index (χ0v) is 37.0. The molecule has 3 aromatic carbocycles. The van der Waals surface area contributed by atoms with Gasteiger partial charge in [-0.05, 0) is 130 Å². The first-order chi connectivity index (χ1) is 31.8. The van der Waals surface area contributed by atoms with Crippen molar-refractivity contribution in [3.05, 3.63) is 101 Å². The average molecular weight is 911 g/mol. The van der Waals surface area contributed by atoms with Crippen LogP contribution in [0, 0.1) is 11.8 Å². The first-order valence-corrected chi connectivity index (χ1v) is 23.2. The van der Waals surface area contributed by atoms with Crippen molar-refractivity contribution in [2.75, 3.05) is 70.9 Å². The lowest BCUT2D eigenvalue weighted by Gasteiger charge is -2.39. The van der Waals surface area contributed by atoms with Gasteiger partial charge in [-0.15, -0.1) is 0 Å². The number of rotatable bonds is 13. The monoisotopic (exact) mass is 910 g/mol. The molecule has 3 N–H and O–H groups in total. The SMILES string of the molecule is C=C1CCC(N2C(=O)c3ccc(OCCN4CCC(CN5CCN(Cc6ccc7c(c6)nc(NC(=O)c6cccc(C(F)(F)F)c6)n7[C@H]6CC[C@@H](CO)CC6)CC5)CC4)cc3C2=O)C(=O)N1. The minimum atomic E-state index is -4.57. The number of piperidine rings is 2. The molecular formula is C49H57F3N8O6. The van der Waals surface area contributed by atoms with Crippen molar-refractivity contribution in [1.82, 2.24) is 34.5 Å². The Morgan fingerprint density at radius 2 is 1.58 bits per heavy atom. The molecule has 17 heteroatoms.